The summed E-state index contributed by atoms with van der Waals surface area (Å²) in [5.41, 5.74) is 0.825. The van der Waals surface area contributed by atoms with Gasteiger partial charge in [0.05, 0.1) is 23.4 Å². The third-order valence-electron chi connectivity index (χ3n) is 3.79. The van der Waals surface area contributed by atoms with Crippen LogP contribution in [0.1, 0.15) is 36.4 Å². The summed E-state index contributed by atoms with van der Waals surface area (Å²) in [7, 11) is -3.17. The van der Waals surface area contributed by atoms with Crippen LogP contribution in [-0.2, 0) is 21.2 Å². The lowest BCUT2D eigenvalue weighted by Gasteiger charge is -2.36. The van der Waals surface area contributed by atoms with E-state index in [4.69, 9.17) is 0 Å². The Balaban J connectivity index is 1.92. The molecule has 6 nitrogen and oxygen atoms in total. The molecule has 8 heteroatoms. The Morgan fingerprint density at radius 3 is 2.91 bits per heavy atom. The second-order valence-corrected chi connectivity index (χ2v) is 8.62. The van der Waals surface area contributed by atoms with Crippen molar-refractivity contribution in [3.05, 3.63) is 16.1 Å². The highest BCUT2D eigenvalue weighted by atomic mass is 32.2. The number of rotatable bonds is 6. The highest BCUT2D eigenvalue weighted by Crippen LogP contribution is 2.21. The molecular formula is C14H23N3O3S2. The standard InChI is InChI=1S/C14H23N3O3S2/c1-11-16-12(10-21-11)9-14(18)17-8-4-3-5-13(17)6-7-15-22(2,19)20/h10,13,15H,3-9H2,1-2H3. The topological polar surface area (TPSA) is 79.4 Å². The van der Waals surface area contributed by atoms with Crippen LogP contribution < -0.4 is 4.72 Å². The van der Waals surface area contributed by atoms with Crippen molar-refractivity contribution in [1.82, 2.24) is 14.6 Å². The van der Waals surface area contributed by atoms with E-state index < -0.39 is 10.0 Å². The summed E-state index contributed by atoms with van der Waals surface area (Å²) in [6.07, 6.45) is 5.19. The van der Waals surface area contributed by atoms with Gasteiger partial charge < -0.3 is 4.90 Å². The molecule has 0 bridgehead atoms. The second kappa shape index (κ2) is 7.52. The predicted molar refractivity (Wildman–Crippen MR) is 87.4 cm³/mol. The Morgan fingerprint density at radius 1 is 1.50 bits per heavy atom. The van der Waals surface area contributed by atoms with Gasteiger partial charge in [-0.3, -0.25) is 4.79 Å². The van der Waals surface area contributed by atoms with Gasteiger partial charge in [-0.15, -0.1) is 11.3 Å². The van der Waals surface area contributed by atoms with E-state index in [0.29, 0.717) is 19.4 Å². The number of piperidine rings is 1. The van der Waals surface area contributed by atoms with Crippen molar-refractivity contribution in [3.63, 3.8) is 0 Å². The fourth-order valence-corrected chi connectivity index (χ4v) is 3.89. The van der Waals surface area contributed by atoms with Crippen LogP contribution in [-0.4, -0.2) is 49.6 Å². The lowest BCUT2D eigenvalue weighted by atomic mass is 9.99. The summed E-state index contributed by atoms with van der Waals surface area (Å²) >= 11 is 1.55. The van der Waals surface area contributed by atoms with Gasteiger partial charge in [0.25, 0.3) is 0 Å². The van der Waals surface area contributed by atoms with E-state index in [2.05, 4.69) is 9.71 Å². The quantitative estimate of drug-likeness (QED) is 0.843. The van der Waals surface area contributed by atoms with E-state index in [-0.39, 0.29) is 11.9 Å². The largest absolute Gasteiger partial charge is 0.339 e. The highest BCUT2D eigenvalue weighted by Gasteiger charge is 2.26. The van der Waals surface area contributed by atoms with Crippen LogP contribution in [0.3, 0.4) is 0 Å². The van der Waals surface area contributed by atoms with Gasteiger partial charge in [0.1, 0.15) is 0 Å². The lowest BCUT2D eigenvalue weighted by Crippen LogP contribution is -2.45. The first-order chi connectivity index (χ1) is 10.3. The molecule has 1 N–H and O–H groups in total. The predicted octanol–water partition coefficient (Wildman–Crippen LogP) is 1.31. The lowest BCUT2D eigenvalue weighted by molar-refractivity contribution is -0.134. The van der Waals surface area contributed by atoms with Crippen LogP contribution in [0.15, 0.2) is 5.38 Å². The summed E-state index contributed by atoms with van der Waals surface area (Å²) < 4.78 is 24.8. The minimum absolute atomic E-state index is 0.0920. The Bertz CT molecular complexity index is 613. The number of aromatic nitrogens is 1. The van der Waals surface area contributed by atoms with E-state index in [1.54, 1.807) is 11.3 Å². The molecule has 124 valence electrons. The van der Waals surface area contributed by atoms with Crippen LogP contribution in [0, 0.1) is 6.92 Å². The fourth-order valence-electron chi connectivity index (χ4n) is 2.79. The average molecular weight is 345 g/mol. The van der Waals surface area contributed by atoms with Crippen molar-refractivity contribution < 1.29 is 13.2 Å². The first kappa shape index (κ1) is 17.4. The number of carbonyl (C=O) groups is 1. The molecule has 1 amide bonds. The molecule has 0 radical (unpaired) electrons. The summed E-state index contributed by atoms with van der Waals surface area (Å²) in [4.78, 5) is 18.7. The van der Waals surface area contributed by atoms with Gasteiger partial charge in [-0.1, -0.05) is 0 Å². The average Bonchev–Trinajstić information content (AvgIpc) is 2.83. The molecule has 1 saturated heterocycles. The van der Waals surface area contributed by atoms with Crippen LogP contribution in [0.25, 0.3) is 0 Å². The highest BCUT2D eigenvalue weighted by molar-refractivity contribution is 7.88. The Hall–Kier alpha value is -0.990. The molecule has 1 aliphatic rings. The van der Waals surface area contributed by atoms with Crippen LogP contribution in [0.5, 0.6) is 0 Å². The molecule has 0 saturated carbocycles. The number of thiazole rings is 1. The van der Waals surface area contributed by atoms with Gasteiger partial charge in [0.15, 0.2) is 0 Å². The minimum atomic E-state index is -3.17. The van der Waals surface area contributed by atoms with Crippen molar-refractivity contribution in [3.8, 4) is 0 Å². The number of amides is 1. The molecule has 0 spiro atoms. The third-order valence-corrected chi connectivity index (χ3v) is 5.34. The summed E-state index contributed by atoms with van der Waals surface area (Å²) in [5.74, 6) is 0.0920. The van der Waals surface area contributed by atoms with Crippen LogP contribution in [0.4, 0.5) is 0 Å². The number of nitrogens with zero attached hydrogens (tertiary/aromatic N) is 2. The van der Waals surface area contributed by atoms with E-state index in [0.717, 1.165) is 42.8 Å². The molecule has 22 heavy (non-hydrogen) atoms. The Morgan fingerprint density at radius 2 is 2.27 bits per heavy atom. The van der Waals surface area contributed by atoms with Crippen molar-refractivity contribution in [2.75, 3.05) is 19.3 Å². The van der Waals surface area contributed by atoms with Gasteiger partial charge in [0.2, 0.25) is 15.9 Å². The number of nitrogens with one attached hydrogen (secondary N) is 1. The molecule has 1 aliphatic heterocycles. The zero-order chi connectivity index (χ0) is 16.2. The maximum atomic E-state index is 12.5. The monoisotopic (exact) mass is 345 g/mol. The summed E-state index contributed by atoms with van der Waals surface area (Å²) in [5, 5.41) is 2.90. The van der Waals surface area contributed by atoms with Gasteiger partial charge in [-0.25, -0.2) is 18.1 Å². The number of carbonyl (C=O) groups excluding carboxylic acids is 1. The molecular weight excluding hydrogens is 322 g/mol. The van der Waals surface area contributed by atoms with E-state index in [1.165, 1.54) is 0 Å². The molecule has 1 fully saturated rings. The smallest absolute Gasteiger partial charge is 0.228 e. The minimum Gasteiger partial charge on any atom is -0.339 e. The van der Waals surface area contributed by atoms with E-state index in [9.17, 15) is 13.2 Å². The maximum Gasteiger partial charge on any atom is 0.228 e. The van der Waals surface area contributed by atoms with Crippen molar-refractivity contribution in [2.24, 2.45) is 0 Å². The van der Waals surface area contributed by atoms with E-state index in [1.807, 2.05) is 17.2 Å². The third kappa shape index (κ3) is 5.33. The van der Waals surface area contributed by atoms with Crippen molar-refractivity contribution in [2.45, 2.75) is 45.1 Å². The van der Waals surface area contributed by atoms with Crippen LogP contribution >= 0.6 is 11.3 Å². The Labute approximate surface area is 136 Å². The summed E-state index contributed by atoms with van der Waals surface area (Å²) in [6, 6.07) is 0.121. The number of hydrogen-bond donors (Lipinski definition) is 1. The van der Waals surface area contributed by atoms with Gasteiger partial charge in [-0.05, 0) is 32.6 Å². The first-order valence-electron chi connectivity index (χ1n) is 7.50. The molecule has 2 heterocycles. The van der Waals surface area contributed by atoms with E-state index >= 15 is 0 Å². The van der Waals surface area contributed by atoms with Crippen LogP contribution in [0.2, 0.25) is 0 Å². The van der Waals surface area contributed by atoms with Gasteiger partial charge in [0, 0.05) is 24.5 Å². The molecule has 1 atom stereocenters. The number of sulfonamides is 1. The molecule has 1 unspecified atom stereocenters. The molecule has 2 rings (SSSR count). The zero-order valence-corrected chi connectivity index (χ0v) is 14.7. The fraction of sp³-hybridized carbons (Fsp3) is 0.714. The second-order valence-electron chi connectivity index (χ2n) is 5.73. The Kier molecular flexibility index (Phi) is 5.94. The molecule has 0 aliphatic carbocycles. The van der Waals surface area contributed by atoms with Gasteiger partial charge in [-0.2, -0.15) is 0 Å². The number of hydrogen-bond acceptors (Lipinski definition) is 5. The molecule has 1 aromatic rings. The first-order valence-corrected chi connectivity index (χ1v) is 10.3. The zero-order valence-electron chi connectivity index (χ0n) is 13.0. The van der Waals surface area contributed by atoms with Crippen molar-refractivity contribution in [1.29, 1.82) is 0 Å². The normalized spacial score (nSPS) is 19.4. The SMILES string of the molecule is Cc1nc(CC(=O)N2CCCCC2CCNS(C)(=O)=O)cs1. The summed E-state index contributed by atoms with van der Waals surface area (Å²) in [6.45, 7) is 3.06. The van der Waals surface area contributed by atoms with Gasteiger partial charge >= 0.3 is 0 Å². The number of likely N-dealkylation sites (tertiary alicyclic amines) is 1. The molecule has 0 aromatic carbocycles. The maximum absolute atomic E-state index is 12.5. The molecule has 1 aromatic heterocycles. The van der Waals surface area contributed by atoms with Crippen molar-refractivity contribution >= 4 is 27.3 Å². The number of aryl methyl sites for hydroxylation is 1.